The molecule has 0 saturated carbocycles. The van der Waals surface area contributed by atoms with E-state index >= 15 is 0 Å². The molecule has 1 amide bonds. The van der Waals surface area contributed by atoms with Crippen molar-refractivity contribution in [2.24, 2.45) is 0 Å². The Kier molecular flexibility index (Phi) is 7.14. The minimum absolute atomic E-state index is 0.192. The topological polar surface area (TPSA) is 73.2 Å². The number of nitrogens with zero attached hydrogens (tertiary/aromatic N) is 2. The Hall–Kier alpha value is -3.12. The van der Waals surface area contributed by atoms with Crippen molar-refractivity contribution in [3.63, 3.8) is 0 Å². The van der Waals surface area contributed by atoms with Crippen LogP contribution in [0, 0.1) is 0 Å². The molecule has 1 aromatic heterocycles. The summed E-state index contributed by atoms with van der Waals surface area (Å²) in [4.78, 5) is 24.1. The normalized spacial score (nSPS) is 10.6. The van der Waals surface area contributed by atoms with Crippen LogP contribution in [-0.2, 0) is 11.3 Å². The monoisotopic (exact) mass is 385 g/mol. The number of hydrogen-bond acceptors (Lipinski definition) is 4. The second-order valence-electron chi connectivity index (χ2n) is 5.66. The molecule has 1 aromatic carbocycles. The van der Waals surface area contributed by atoms with Crippen molar-refractivity contribution in [2.75, 3.05) is 13.7 Å². The highest BCUT2D eigenvalue weighted by molar-refractivity contribution is 6.30. The van der Waals surface area contributed by atoms with Gasteiger partial charge in [0, 0.05) is 23.2 Å². The number of carbonyl (C=O) groups excluding carboxylic acids is 1. The van der Waals surface area contributed by atoms with Gasteiger partial charge in [-0.15, -0.1) is 0 Å². The summed E-state index contributed by atoms with van der Waals surface area (Å²) < 4.78 is 6.24. The molecule has 0 saturated heterocycles. The highest BCUT2D eigenvalue weighted by Crippen LogP contribution is 2.19. The number of methoxy groups -OCH3 is 1. The van der Waals surface area contributed by atoms with E-state index in [2.05, 4.69) is 23.6 Å². The fraction of sp³-hybridized carbons (Fsp3) is 0.150. The van der Waals surface area contributed by atoms with Gasteiger partial charge in [0.05, 0.1) is 12.8 Å². The van der Waals surface area contributed by atoms with Gasteiger partial charge in [-0.05, 0) is 42.0 Å². The van der Waals surface area contributed by atoms with E-state index in [1.54, 1.807) is 37.5 Å². The van der Waals surface area contributed by atoms with Gasteiger partial charge in [0.1, 0.15) is 12.3 Å². The maximum absolute atomic E-state index is 12.1. The maximum atomic E-state index is 12.1. The summed E-state index contributed by atoms with van der Waals surface area (Å²) in [5.74, 6) is 0.370. The lowest BCUT2D eigenvalue weighted by molar-refractivity contribution is -0.121. The van der Waals surface area contributed by atoms with Crippen molar-refractivity contribution < 1.29 is 9.53 Å². The number of rotatable bonds is 8. The minimum atomic E-state index is -0.362. The fourth-order valence-corrected chi connectivity index (χ4v) is 2.21. The van der Waals surface area contributed by atoms with Crippen molar-refractivity contribution in [3.8, 4) is 17.0 Å². The Labute approximate surface area is 162 Å². The Balaban J connectivity index is 2.05. The van der Waals surface area contributed by atoms with Gasteiger partial charge in [-0.25, -0.2) is 4.68 Å². The van der Waals surface area contributed by atoms with Crippen molar-refractivity contribution in [2.45, 2.75) is 6.54 Å². The zero-order valence-electron chi connectivity index (χ0n) is 14.9. The van der Waals surface area contributed by atoms with Crippen LogP contribution in [0.1, 0.15) is 0 Å². The van der Waals surface area contributed by atoms with Gasteiger partial charge in [-0.3, -0.25) is 9.59 Å². The lowest BCUT2D eigenvalue weighted by Crippen LogP contribution is -2.34. The molecule has 0 atom stereocenters. The Bertz CT molecular complexity index is 930. The number of hydrogen-bond donors (Lipinski definition) is 1. The minimum Gasteiger partial charge on any atom is -0.497 e. The Morgan fingerprint density at radius 1 is 1.22 bits per heavy atom. The number of ether oxygens (including phenoxy) is 1. The van der Waals surface area contributed by atoms with Crippen LogP contribution in [0.2, 0.25) is 0 Å². The zero-order valence-corrected chi connectivity index (χ0v) is 15.7. The number of benzene rings is 1. The quantitative estimate of drug-likeness (QED) is 0.709. The summed E-state index contributed by atoms with van der Waals surface area (Å²) in [6, 6.07) is 10.3. The van der Waals surface area contributed by atoms with E-state index < -0.39 is 0 Å². The average molecular weight is 386 g/mol. The molecule has 0 unspecified atom stereocenters. The molecule has 27 heavy (non-hydrogen) atoms. The molecule has 0 fully saturated rings. The number of carbonyl (C=O) groups is 1. The molecule has 0 aliphatic heterocycles. The van der Waals surface area contributed by atoms with Gasteiger partial charge in [-0.2, -0.15) is 5.10 Å². The van der Waals surface area contributed by atoms with E-state index in [1.165, 1.54) is 6.07 Å². The highest BCUT2D eigenvalue weighted by atomic mass is 35.5. The molecule has 6 nitrogen and oxygen atoms in total. The smallest absolute Gasteiger partial charge is 0.267 e. The summed E-state index contributed by atoms with van der Waals surface area (Å²) in [5.41, 5.74) is 1.68. The predicted molar refractivity (Wildman–Crippen MR) is 107 cm³/mol. The van der Waals surface area contributed by atoms with E-state index in [9.17, 15) is 9.59 Å². The molecule has 1 N–H and O–H groups in total. The van der Waals surface area contributed by atoms with E-state index in [4.69, 9.17) is 16.3 Å². The average Bonchev–Trinajstić information content (AvgIpc) is 2.66. The van der Waals surface area contributed by atoms with Gasteiger partial charge in [0.15, 0.2) is 0 Å². The zero-order chi connectivity index (χ0) is 19.8. The van der Waals surface area contributed by atoms with Gasteiger partial charge >= 0.3 is 0 Å². The number of halogens is 1. The lowest BCUT2D eigenvalue weighted by atomic mass is 10.1. The van der Waals surface area contributed by atoms with Crippen LogP contribution in [0.4, 0.5) is 0 Å². The summed E-state index contributed by atoms with van der Waals surface area (Å²) in [7, 11) is 1.59. The second kappa shape index (κ2) is 9.54. The molecule has 0 radical (unpaired) electrons. The first-order valence-corrected chi connectivity index (χ1v) is 8.46. The van der Waals surface area contributed by atoms with Gasteiger partial charge in [-0.1, -0.05) is 30.8 Å². The molecule has 1 heterocycles. The molecule has 0 spiro atoms. The number of nitrogens with one attached hydrogen (secondary N) is 1. The first-order chi connectivity index (χ1) is 12.9. The molecule has 2 rings (SSSR count). The van der Waals surface area contributed by atoms with E-state index in [1.807, 2.05) is 12.1 Å². The van der Waals surface area contributed by atoms with Crippen LogP contribution < -0.4 is 15.6 Å². The van der Waals surface area contributed by atoms with Crippen LogP contribution in [0.5, 0.6) is 5.75 Å². The van der Waals surface area contributed by atoms with Gasteiger partial charge in [0.25, 0.3) is 5.56 Å². The number of allylic oxidation sites excluding steroid dienone is 2. The molecule has 140 valence electrons. The maximum Gasteiger partial charge on any atom is 0.267 e. The van der Waals surface area contributed by atoms with E-state index in [0.717, 1.165) is 16.0 Å². The second-order valence-corrected chi connectivity index (χ2v) is 6.14. The third-order valence-corrected chi connectivity index (χ3v) is 3.68. The van der Waals surface area contributed by atoms with Crippen LogP contribution in [0.15, 0.2) is 77.1 Å². The van der Waals surface area contributed by atoms with Crippen LogP contribution >= 0.6 is 11.6 Å². The Morgan fingerprint density at radius 2 is 1.93 bits per heavy atom. The van der Waals surface area contributed by atoms with Crippen molar-refractivity contribution in [1.29, 1.82) is 0 Å². The Morgan fingerprint density at radius 3 is 2.56 bits per heavy atom. The summed E-state index contributed by atoms with van der Waals surface area (Å²) in [5, 5.41) is 7.31. The molecule has 7 heteroatoms. The van der Waals surface area contributed by atoms with Gasteiger partial charge < -0.3 is 10.1 Å². The number of amides is 1. The highest BCUT2D eigenvalue weighted by Gasteiger charge is 2.08. The van der Waals surface area contributed by atoms with Crippen molar-refractivity contribution in [3.05, 3.63) is 82.7 Å². The third kappa shape index (κ3) is 6.27. The summed E-state index contributed by atoms with van der Waals surface area (Å²) in [6.07, 6.45) is 3.24. The fourth-order valence-electron chi connectivity index (χ4n) is 2.15. The van der Waals surface area contributed by atoms with Crippen LogP contribution in [0.3, 0.4) is 0 Å². The standard InChI is InChI=1S/C20H20ClN3O3/c1-14(4-5-15(2)21)12-22-19(25)13-24-20(26)11-10-18(23-24)16-6-8-17(27-3)9-7-16/h4-11H,1-2,12-13H2,3H3,(H,22,25)/b5-4-. The largest absolute Gasteiger partial charge is 0.497 e. The molecular formula is C20H20ClN3O3. The van der Waals surface area contributed by atoms with Crippen molar-refractivity contribution in [1.82, 2.24) is 15.1 Å². The molecule has 0 bridgehead atoms. The van der Waals surface area contributed by atoms with Crippen molar-refractivity contribution >= 4 is 17.5 Å². The SMILES string of the molecule is C=C(Cl)/C=C\C(=C)CNC(=O)Cn1nc(-c2ccc(OC)cc2)ccc1=O. The van der Waals surface area contributed by atoms with E-state index in [-0.39, 0.29) is 24.6 Å². The third-order valence-electron chi connectivity index (χ3n) is 3.56. The lowest BCUT2D eigenvalue weighted by Gasteiger charge is -2.09. The van der Waals surface area contributed by atoms with Crippen LogP contribution in [0.25, 0.3) is 11.3 Å². The molecular weight excluding hydrogens is 366 g/mol. The summed E-state index contributed by atoms with van der Waals surface area (Å²) in [6.45, 7) is 7.36. The number of aromatic nitrogens is 2. The molecule has 0 aliphatic carbocycles. The molecule has 2 aromatic rings. The first kappa shape index (κ1) is 20.2. The van der Waals surface area contributed by atoms with Crippen LogP contribution in [-0.4, -0.2) is 29.3 Å². The predicted octanol–water partition coefficient (Wildman–Crippen LogP) is 2.90. The van der Waals surface area contributed by atoms with E-state index in [0.29, 0.717) is 16.3 Å². The van der Waals surface area contributed by atoms with Gasteiger partial charge in [0.2, 0.25) is 5.91 Å². The summed E-state index contributed by atoms with van der Waals surface area (Å²) >= 11 is 5.63. The molecule has 0 aliphatic rings. The first-order valence-electron chi connectivity index (χ1n) is 8.08.